The van der Waals surface area contributed by atoms with Gasteiger partial charge in [-0.25, -0.2) is 14.2 Å². The number of hydrogen-bond acceptors (Lipinski definition) is 2. The minimum Gasteiger partial charge on any atom is -0.347 e. The maximum absolute atomic E-state index is 13.1. The lowest BCUT2D eigenvalue weighted by Crippen LogP contribution is -2.38. The first-order valence-electron chi connectivity index (χ1n) is 6.15. The van der Waals surface area contributed by atoms with Gasteiger partial charge in [0.1, 0.15) is 5.82 Å². The van der Waals surface area contributed by atoms with Gasteiger partial charge in [0.25, 0.3) is 0 Å². The summed E-state index contributed by atoms with van der Waals surface area (Å²) in [6, 6.07) is 3.85. The second-order valence-corrected chi connectivity index (χ2v) is 4.97. The first-order chi connectivity index (χ1) is 9.63. The van der Waals surface area contributed by atoms with Crippen molar-refractivity contribution in [2.45, 2.75) is 13.0 Å². The van der Waals surface area contributed by atoms with Crippen LogP contribution in [-0.4, -0.2) is 27.4 Å². The molecule has 0 saturated heterocycles. The van der Waals surface area contributed by atoms with E-state index in [2.05, 4.69) is 15.3 Å². The Labute approximate surface area is 119 Å². The maximum Gasteiger partial charge on any atom is 0.322 e. The second-order valence-electron chi connectivity index (χ2n) is 4.56. The van der Waals surface area contributed by atoms with Gasteiger partial charge in [0.05, 0.1) is 29.3 Å². The van der Waals surface area contributed by atoms with E-state index in [1.165, 1.54) is 18.2 Å². The first kappa shape index (κ1) is 12.9. The summed E-state index contributed by atoms with van der Waals surface area (Å²) in [6.07, 6.45) is 2.35. The summed E-state index contributed by atoms with van der Waals surface area (Å²) in [6.45, 7) is 1.08. The second kappa shape index (κ2) is 5.13. The molecule has 0 bridgehead atoms. The molecule has 2 amide bonds. The van der Waals surface area contributed by atoms with Crippen LogP contribution in [0.2, 0.25) is 5.02 Å². The van der Waals surface area contributed by atoms with Gasteiger partial charge in [-0.1, -0.05) is 11.6 Å². The Bertz CT molecular complexity index is 658. The molecule has 7 heteroatoms. The molecule has 0 spiro atoms. The van der Waals surface area contributed by atoms with Crippen molar-refractivity contribution in [2.75, 3.05) is 11.9 Å². The van der Waals surface area contributed by atoms with Crippen molar-refractivity contribution in [1.29, 1.82) is 0 Å². The Kier molecular flexibility index (Phi) is 3.31. The van der Waals surface area contributed by atoms with E-state index in [1.54, 1.807) is 11.2 Å². The monoisotopic (exact) mass is 294 g/mol. The van der Waals surface area contributed by atoms with Crippen LogP contribution in [-0.2, 0) is 13.0 Å². The van der Waals surface area contributed by atoms with Gasteiger partial charge in [0.2, 0.25) is 0 Å². The molecule has 1 aliphatic rings. The number of hydrogen-bond donors (Lipinski definition) is 2. The van der Waals surface area contributed by atoms with Crippen molar-refractivity contribution in [3.8, 4) is 0 Å². The number of fused-ring (bicyclic) bond motifs is 1. The molecule has 1 aliphatic heterocycles. The smallest absolute Gasteiger partial charge is 0.322 e. The Balaban J connectivity index is 1.69. The summed E-state index contributed by atoms with van der Waals surface area (Å²) < 4.78 is 13.1. The third-order valence-electron chi connectivity index (χ3n) is 3.23. The number of benzene rings is 1. The van der Waals surface area contributed by atoms with Crippen LogP contribution in [0.3, 0.4) is 0 Å². The van der Waals surface area contributed by atoms with Crippen LogP contribution in [0.1, 0.15) is 11.4 Å². The molecule has 5 nitrogen and oxygen atoms in total. The molecule has 0 saturated carbocycles. The highest BCUT2D eigenvalue weighted by atomic mass is 35.5. The molecule has 2 heterocycles. The molecule has 0 fully saturated rings. The Hall–Kier alpha value is -2.08. The number of carbonyl (C=O) groups excluding carboxylic acids is 1. The molecular formula is C13H12ClFN4O. The van der Waals surface area contributed by atoms with Crippen molar-refractivity contribution < 1.29 is 9.18 Å². The molecule has 1 aromatic heterocycles. The van der Waals surface area contributed by atoms with Crippen molar-refractivity contribution in [1.82, 2.24) is 14.9 Å². The number of aromatic amines is 1. The predicted molar refractivity (Wildman–Crippen MR) is 73.1 cm³/mol. The molecule has 0 radical (unpaired) electrons. The third-order valence-corrected chi connectivity index (χ3v) is 3.52. The zero-order valence-corrected chi connectivity index (χ0v) is 11.2. The van der Waals surface area contributed by atoms with E-state index in [4.69, 9.17) is 11.6 Å². The number of rotatable bonds is 1. The molecule has 20 heavy (non-hydrogen) atoms. The number of carbonyl (C=O) groups is 1. The summed E-state index contributed by atoms with van der Waals surface area (Å²) in [5.41, 5.74) is 2.42. The molecule has 0 aliphatic carbocycles. The highest BCUT2D eigenvalue weighted by Gasteiger charge is 2.22. The molecule has 0 unspecified atom stereocenters. The number of imidazole rings is 1. The van der Waals surface area contributed by atoms with E-state index in [0.717, 1.165) is 17.8 Å². The van der Waals surface area contributed by atoms with Gasteiger partial charge >= 0.3 is 6.03 Å². The van der Waals surface area contributed by atoms with Crippen molar-refractivity contribution in [2.24, 2.45) is 0 Å². The number of urea groups is 1. The largest absolute Gasteiger partial charge is 0.347 e. The Morgan fingerprint density at radius 2 is 2.35 bits per heavy atom. The van der Waals surface area contributed by atoms with Crippen LogP contribution in [0.5, 0.6) is 0 Å². The SMILES string of the molecule is O=C(Nc1ccc(F)c(Cl)c1)N1CCc2nc[nH]c2C1. The van der Waals surface area contributed by atoms with Crippen molar-refractivity contribution >= 4 is 23.3 Å². The molecule has 104 valence electrons. The topological polar surface area (TPSA) is 61.0 Å². The lowest BCUT2D eigenvalue weighted by molar-refractivity contribution is 0.205. The van der Waals surface area contributed by atoms with Gasteiger partial charge in [0, 0.05) is 18.7 Å². The van der Waals surface area contributed by atoms with Gasteiger partial charge in [-0.2, -0.15) is 0 Å². The van der Waals surface area contributed by atoms with Crippen LogP contribution >= 0.6 is 11.6 Å². The number of nitrogens with one attached hydrogen (secondary N) is 2. The minimum absolute atomic E-state index is 0.0164. The summed E-state index contributed by atoms with van der Waals surface area (Å²) >= 11 is 5.68. The average Bonchev–Trinajstić information content (AvgIpc) is 2.90. The highest BCUT2D eigenvalue weighted by Crippen LogP contribution is 2.21. The summed E-state index contributed by atoms with van der Waals surface area (Å²) in [5, 5.41) is 2.69. The fraction of sp³-hybridized carbons (Fsp3) is 0.231. The molecule has 2 N–H and O–H groups in total. The Morgan fingerprint density at radius 3 is 3.15 bits per heavy atom. The van der Waals surface area contributed by atoms with Crippen molar-refractivity contribution in [3.63, 3.8) is 0 Å². The number of nitrogens with zero attached hydrogens (tertiary/aromatic N) is 2. The van der Waals surface area contributed by atoms with Gasteiger partial charge in [-0.3, -0.25) is 0 Å². The number of anilines is 1. The third kappa shape index (κ3) is 2.46. The zero-order chi connectivity index (χ0) is 14.1. The van der Waals surface area contributed by atoms with E-state index in [0.29, 0.717) is 18.8 Å². The fourth-order valence-electron chi connectivity index (χ4n) is 2.16. The number of amides is 2. The molecule has 0 atom stereocenters. The van der Waals surface area contributed by atoms with Gasteiger partial charge in [-0.05, 0) is 18.2 Å². The van der Waals surface area contributed by atoms with E-state index < -0.39 is 5.82 Å². The maximum atomic E-state index is 13.1. The number of halogens is 2. The number of aromatic nitrogens is 2. The Morgan fingerprint density at radius 1 is 1.50 bits per heavy atom. The normalized spacial score (nSPS) is 14.0. The lowest BCUT2D eigenvalue weighted by atomic mass is 10.1. The lowest BCUT2D eigenvalue weighted by Gasteiger charge is -2.26. The van der Waals surface area contributed by atoms with Crippen molar-refractivity contribution in [3.05, 3.63) is 46.8 Å². The van der Waals surface area contributed by atoms with Gasteiger partial charge < -0.3 is 15.2 Å². The molecule has 1 aromatic carbocycles. The predicted octanol–water partition coefficient (Wildman–Crippen LogP) is 2.79. The molecule has 2 aromatic rings. The van der Waals surface area contributed by atoms with E-state index in [9.17, 15) is 9.18 Å². The summed E-state index contributed by atoms with van der Waals surface area (Å²) in [4.78, 5) is 21.0. The number of H-pyrrole nitrogens is 1. The van der Waals surface area contributed by atoms with Crippen LogP contribution < -0.4 is 5.32 Å². The van der Waals surface area contributed by atoms with E-state index in [1.807, 2.05) is 0 Å². The first-order valence-corrected chi connectivity index (χ1v) is 6.53. The minimum atomic E-state index is -0.510. The van der Waals surface area contributed by atoms with E-state index >= 15 is 0 Å². The van der Waals surface area contributed by atoms with Gasteiger partial charge in [0.15, 0.2) is 0 Å². The van der Waals surface area contributed by atoms with Gasteiger partial charge in [-0.15, -0.1) is 0 Å². The highest BCUT2D eigenvalue weighted by molar-refractivity contribution is 6.31. The molecule has 3 rings (SSSR count). The molecular weight excluding hydrogens is 283 g/mol. The standard InChI is InChI=1S/C13H12ClFN4O/c14-9-5-8(1-2-10(9)15)18-13(20)19-4-3-11-12(6-19)17-7-16-11/h1-2,5,7H,3-4,6H2,(H,16,17)(H,18,20). The van der Waals surface area contributed by atoms with Crippen LogP contribution in [0.15, 0.2) is 24.5 Å². The fourth-order valence-corrected chi connectivity index (χ4v) is 2.34. The van der Waals surface area contributed by atoms with Crippen LogP contribution in [0, 0.1) is 5.82 Å². The quantitative estimate of drug-likeness (QED) is 0.849. The summed E-state index contributed by atoms with van der Waals surface area (Å²) in [7, 11) is 0. The zero-order valence-electron chi connectivity index (χ0n) is 10.5. The van der Waals surface area contributed by atoms with E-state index in [-0.39, 0.29) is 11.1 Å². The average molecular weight is 295 g/mol. The van der Waals surface area contributed by atoms with Crippen LogP contribution in [0.4, 0.5) is 14.9 Å². The van der Waals surface area contributed by atoms with Crippen LogP contribution in [0.25, 0.3) is 0 Å². The summed E-state index contributed by atoms with van der Waals surface area (Å²) in [5.74, 6) is -0.510.